The molecule has 1 heterocycles. The van der Waals surface area contributed by atoms with E-state index in [2.05, 4.69) is 22.9 Å². The maximum absolute atomic E-state index is 14.3. The van der Waals surface area contributed by atoms with E-state index >= 15 is 0 Å². The third-order valence-electron chi connectivity index (χ3n) is 3.72. The number of nitriles is 1. The highest BCUT2D eigenvalue weighted by Crippen LogP contribution is 2.32. The Morgan fingerprint density at radius 3 is 2.89 bits per heavy atom. The predicted molar refractivity (Wildman–Crippen MR) is 75.6 cm³/mol. The lowest BCUT2D eigenvalue weighted by Crippen LogP contribution is -2.44. The van der Waals surface area contributed by atoms with Crippen molar-refractivity contribution < 1.29 is 9.13 Å². The van der Waals surface area contributed by atoms with Crippen molar-refractivity contribution in [2.45, 2.75) is 19.4 Å². The van der Waals surface area contributed by atoms with E-state index in [9.17, 15) is 4.39 Å². The normalized spacial score (nSPS) is 23.2. The number of hydrogen-bond donors (Lipinski definition) is 0. The number of anilines is 1. The molecule has 0 aromatic heterocycles. The van der Waals surface area contributed by atoms with Crippen LogP contribution in [-0.4, -0.2) is 26.3 Å². The Kier molecular flexibility index (Phi) is 4.43. The van der Waals surface area contributed by atoms with Crippen LogP contribution >= 0.6 is 15.9 Å². The summed E-state index contributed by atoms with van der Waals surface area (Å²) in [6, 6.07) is 5.27. The minimum absolute atomic E-state index is 0.113. The van der Waals surface area contributed by atoms with Crippen LogP contribution in [0.1, 0.15) is 18.9 Å². The Hall–Kier alpha value is -1.12. The van der Waals surface area contributed by atoms with Crippen LogP contribution in [-0.2, 0) is 4.74 Å². The highest BCUT2D eigenvalue weighted by atomic mass is 79.9. The first-order valence-electron chi connectivity index (χ1n) is 6.24. The van der Waals surface area contributed by atoms with Gasteiger partial charge in [-0.3, -0.25) is 0 Å². The average Bonchev–Trinajstić information content (AvgIpc) is 2.43. The summed E-state index contributed by atoms with van der Waals surface area (Å²) >= 11 is 3.15. The summed E-state index contributed by atoms with van der Waals surface area (Å²) in [5, 5.41) is 8.88. The van der Waals surface area contributed by atoms with Gasteiger partial charge in [-0.15, -0.1) is 0 Å². The minimum atomic E-state index is -0.372. The van der Waals surface area contributed by atoms with E-state index in [1.54, 1.807) is 19.2 Å². The average molecular weight is 327 g/mol. The molecule has 1 fully saturated rings. The Balaban J connectivity index is 2.28. The number of methoxy groups -OCH3 is 1. The highest BCUT2D eigenvalue weighted by Gasteiger charge is 2.28. The summed E-state index contributed by atoms with van der Waals surface area (Å²) in [7, 11) is 1.69. The molecule has 2 atom stereocenters. The summed E-state index contributed by atoms with van der Waals surface area (Å²) in [4.78, 5) is 1.98. The van der Waals surface area contributed by atoms with Gasteiger partial charge in [-0.2, -0.15) is 5.26 Å². The topological polar surface area (TPSA) is 36.3 Å². The molecule has 1 saturated heterocycles. The Morgan fingerprint density at radius 1 is 1.53 bits per heavy atom. The monoisotopic (exact) mass is 326 g/mol. The molecule has 2 unspecified atom stereocenters. The maximum atomic E-state index is 14.3. The highest BCUT2D eigenvalue weighted by molar-refractivity contribution is 9.10. The fourth-order valence-corrected chi connectivity index (χ4v) is 2.85. The lowest BCUT2D eigenvalue weighted by atomic mass is 9.95. The van der Waals surface area contributed by atoms with Gasteiger partial charge in [0, 0.05) is 20.2 Å². The van der Waals surface area contributed by atoms with Crippen molar-refractivity contribution in [2.24, 2.45) is 5.92 Å². The lowest BCUT2D eigenvalue weighted by molar-refractivity contribution is 0.0497. The van der Waals surface area contributed by atoms with Gasteiger partial charge in [0.15, 0.2) is 5.82 Å². The minimum Gasteiger partial charge on any atom is -0.379 e. The van der Waals surface area contributed by atoms with Crippen LogP contribution in [0, 0.1) is 23.1 Å². The number of ether oxygens (including phenoxy) is 1. The number of benzene rings is 1. The molecule has 0 saturated carbocycles. The molecule has 0 amide bonds. The maximum Gasteiger partial charge on any atom is 0.161 e. The summed E-state index contributed by atoms with van der Waals surface area (Å²) in [6.45, 7) is 3.62. The van der Waals surface area contributed by atoms with Crippen LogP contribution < -0.4 is 4.90 Å². The molecule has 0 aliphatic carbocycles. The van der Waals surface area contributed by atoms with E-state index in [-0.39, 0.29) is 16.4 Å². The second-order valence-corrected chi connectivity index (χ2v) is 5.65. The molecule has 0 bridgehead atoms. The summed E-state index contributed by atoms with van der Waals surface area (Å²) in [6.07, 6.45) is 1.08. The standard InChI is InChI=1S/C14H16BrFN2O/c1-9-5-6-18(8-12(9)19-2)11-4-3-10(7-17)13(15)14(11)16/h3-4,9,12H,5-6,8H2,1-2H3. The molecule has 5 heteroatoms. The van der Waals surface area contributed by atoms with Gasteiger partial charge >= 0.3 is 0 Å². The summed E-state index contributed by atoms with van der Waals surface area (Å²) < 4.78 is 20.0. The molecular formula is C14H16BrFN2O. The lowest BCUT2D eigenvalue weighted by Gasteiger charge is -2.37. The molecule has 102 valence electrons. The van der Waals surface area contributed by atoms with Gasteiger partial charge < -0.3 is 9.64 Å². The summed E-state index contributed by atoms with van der Waals surface area (Å²) in [5.41, 5.74) is 0.842. The van der Waals surface area contributed by atoms with Crippen molar-refractivity contribution in [3.05, 3.63) is 28.0 Å². The SMILES string of the molecule is COC1CN(c2ccc(C#N)c(Br)c2F)CCC1C. The molecule has 1 aromatic rings. The van der Waals surface area contributed by atoms with Crippen LogP contribution in [0.4, 0.5) is 10.1 Å². The zero-order chi connectivity index (χ0) is 14.0. The Labute approximate surface area is 121 Å². The summed E-state index contributed by atoms with van der Waals surface area (Å²) in [5.74, 6) is 0.106. The molecule has 1 aromatic carbocycles. The zero-order valence-electron chi connectivity index (χ0n) is 11.0. The largest absolute Gasteiger partial charge is 0.379 e. The third-order valence-corrected chi connectivity index (χ3v) is 4.49. The molecule has 19 heavy (non-hydrogen) atoms. The number of piperidine rings is 1. The van der Waals surface area contributed by atoms with E-state index in [0.29, 0.717) is 23.7 Å². The Morgan fingerprint density at radius 2 is 2.26 bits per heavy atom. The number of hydrogen-bond acceptors (Lipinski definition) is 3. The fourth-order valence-electron chi connectivity index (χ4n) is 2.43. The molecule has 3 nitrogen and oxygen atoms in total. The number of rotatable bonds is 2. The second-order valence-electron chi connectivity index (χ2n) is 4.86. The zero-order valence-corrected chi connectivity index (χ0v) is 12.6. The van der Waals surface area contributed by atoms with Crippen molar-refractivity contribution in [1.82, 2.24) is 0 Å². The first kappa shape index (κ1) is 14.3. The molecular weight excluding hydrogens is 311 g/mol. The van der Waals surface area contributed by atoms with Gasteiger partial charge in [0.05, 0.1) is 21.8 Å². The predicted octanol–water partition coefficient (Wildman–Crippen LogP) is 3.32. The molecule has 2 rings (SSSR count). The van der Waals surface area contributed by atoms with Crippen LogP contribution in [0.5, 0.6) is 0 Å². The van der Waals surface area contributed by atoms with E-state index in [1.165, 1.54) is 0 Å². The van der Waals surface area contributed by atoms with E-state index in [4.69, 9.17) is 10.00 Å². The van der Waals surface area contributed by atoms with Crippen molar-refractivity contribution in [3.8, 4) is 6.07 Å². The Bertz CT molecular complexity index is 515. The van der Waals surface area contributed by atoms with Crippen molar-refractivity contribution >= 4 is 21.6 Å². The molecule has 0 radical (unpaired) electrons. The van der Waals surface area contributed by atoms with Gasteiger partial charge in [-0.05, 0) is 40.4 Å². The quantitative estimate of drug-likeness (QED) is 0.836. The van der Waals surface area contributed by atoms with E-state index in [1.807, 2.05) is 11.0 Å². The smallest absolute Gasteiger partial charge is 0.161 e. The van der Waals surface area contributed by atoms with Crippen molar-refractivity contribution in [1.29, 1.82) is 5.26 Å². The van der Waals surface area contributed by atoms with Crippen molar-refractivity contribution in [3.63, 3.8) is 0 Å². The molecule has 0 N–H and O–H groups in total. The first-order valence-corrected chi connectivity index (χ1v) is 7.03. The number of nitrogens with zero attached hydrogens (tertiary/aromatic N) is 2. The van der Waals surface area contributed by atoms with Crippen LogP contribution in [0.15, 0.2) is 16.6 Å². The van der Waals surface area contributed by atoms with Crippen LogP contribution in [0.25, 0.3) is 0 Å². The molecule has 0 spiro atoms. The number of halogens is 2. The van der Waals surface area contributed by atoms with Gasteiger partial charge in [-0.25, -0.2) is 4.39 Å². The van der Waals surface area contributed by atoms with Crippen molar-refractivity contribution in [2.75, 3.05) is 25.1 Å². The van der Waals surface area contributed by atoms with E-state index < -0.39 is 0 Å². The fraction of sp³-hybridized carbons (Fsp3) is 0.500. The van der Waals surface area contributed by atoms with Gasteiger partial charge in [-0.1, -0.05) is 6.92 Å². The van der Waals surface area contributed by atoms with Gasteiger partial charge in [0.1, 0.15) is 6.07 Å². The molecule has 1 aliphatic heterocycles. The van der Waals surface area contributed by atoms with Crippen LogP contribution in [0.2, 0.25) is 0 Å². The second kappa shape index (κ2) is 5.89. The van der Waals surface area contributed by atoms with Crippen LogP contribution in [0.3, 0.4) is 0 Å². The van der Waals surface area contributed by atoms with E-state index in [0.717, 1.165) is 13.0 Å². The van der Waals surface area contributed by atoms with Gasteiger partial charge in [0.25, 0.3) is 0 Å². The molecule has 1 aliphatic rings. The first-order chi connectivity index (χ1) is 9.08. The van der Waals surface area contributed by atoms with Gasteiger partial charge in [0.2, 0.25) is 0 Å². The third kappa shape index (κ3) is 2.75.